The van der Waals surface area contributed by atoms with Crippen molar-refractivity contribution in [1.82, 2.24) is 10.5 Å². The van der Waals surface area contributed by atoms with E-state index in [1.165, 1.54) is 0 Å². The van der Waals surface area contributed by atoms with Crippen LogP contribution in [0, 0.1) is 0 Å². The third-order valence-corrected chi connectivity index (χ3v) is 1.92. The van der Waals surface area contributed by atoms with Crippen molar-refractivity contribution in [3.8, 4) is 0 Å². The molecule has 0 radical (unpaired) electrons. The van der Waals surface area contributed by atoms with Crippen LogP contribution < -0.4 is 5.32 Å². The van der Waals surface area contributed by atoms with Gasteiger partial charge in [-0.15, -0.1) is 0 Å². The van der Waals surface area contributed by atoms with Gasteiger partial charge in [-0.2, -0.15) is 0 Å². The first-order valence-electron chi connectivity index (χ1n) is 4.17. The molecular formula is C8H8N2O4. The molecule has 1 aromatic rings. The average Bonchev–Trinajstić information content (AvgIpc) is 2.81. The van der Waals surface area contributed by atoms with Crippen LogP contribution in [0.4, 0.5) is 0 Å². The highest BCUT2D eigenvalue weighted by Crippen LogP contribution is 2.19. The van der Waals surface area contributed by atoms with Gasteiger partial charge in [-0.05, 0) is 12.8 Å². The van der Waals surface area contributed by atoms with Gasteiger partial charge in [0.05, 0.1) is 6.20 Å². The van der Waals surface area contributed by atoms with E-state index in [1.807, 2.05) is 0 Å². The SMILES string of the molecule is O=C(O)c1cnoc1C(=O)NC1CC1. The van der Waals surface area contributed by atoms with Gasteiger partial charge in [-0.25, -0.2) is 4.79 Å². The smallest absolute Gasteiger partial charge is 0.341 e. The van der Waals surface area contributed by atoms with Crippen molar-refractivity contribution in [3.63, 3.8) is 0 Å². The summed E-state index contributed by atoms with van der Waals surface area (Å²) in [6.07, 6.45) is 2.88. The molecule has 0 aromatic carbocycles. The van der Waals surface area contributed by atoms with E-state index in [4.69, 9.17) is 5.11 Å². The van der Waals surface area contributed by atoms with Gasteiger partial charge in [-0.1, -0.05) is 5.16 Å². The fourth-order valence-corrected chi connectivity index (χ4v) is 1.03. The van der Waals surface area contributed by atoms with E-state index in [2.05, 4.69) is 15.0 Å². The first-order chi connectivity index (χ1) is 6.68. The summed E-state index contributed by atoms with van der Waals surface area (Å²) in [5.41, 5.74) is -0.205. The molecular weight excluding hydrogens is 188 g/mol. The number of nitrogens with zero attached hydrogens (tertiary/aromatic N) is 1. The summed E-state index contributed by atoms with van der Waals surface area (Å²) >= 11 is 0. The van der Waals surface area contributed by atoms with Gasteiger partial charge in [0, 0.05) is 6.04 Å². The quantitative estimate of drug-likeness (QED) is 0.723. The van der Waals surface area contributed by atoms with Crippen molar-refractivity contribution in [1.29, 1.82) is 0 Å². The number of hydrogen-bond acceptors (Lipinski definition) is 4. The Morgan fingerprint density at radius 1 is 1.57 bits per heavy atom. The Hall–Kier alpha value is -1.85. The summed E-state index contributed by atoms with van der Waals surface area (Å²) in [5, 5.41) is 14.6. The van der Waals surface area contributed by atoms with E-state index >= 15 is 0 Å². The van der Waals surface area contributed by atoms with Crippen LogP contribution in [0.5, 0.6) is 0 Å². The summed E-state index contributed by atoms with van der Waals surface area (Å²) in [6.45, 7) is 0. The second kappa shape index (κ2) is 3.13. The molecule has 1 heterocycles. The van der Waals surface area contributed by atoms with E-state index in [9.17, 15) is 9.59 Å². The molecule has 1 aromatic heterocycles. The lowest BCUT2D eigenvalue weighted by atomic mass is 10.2. The lowest BCUT2D eigenvalue weighted by Crippen LogP contribution is -2.26. The number of carboxylic acid groups (broad SMARTS) is 1. The minimum Gasteiger partial charge on any atom is -0.477 e. The molecule has 1 aliphatic rings. The molecule has 0 spiro atoms. The van der Waals surface area contributed by atoms with Crippen LogP contribution in [-0.4, -0.2) is 28.2 Å². The number of carboxylic acids is 1. The van der Waals surface area contributed by atoms with E-state index in [0.717, 1.165) is 19.0 Å². The fraction of sp³-hybridized carbons (Fsp3) is 0.375. The molecule has 74 valence electrons. The fourth-order valence-electron chi connectivity index (χ4n) is 1.03. The summed E-state index contributed by atoms with van der Waals surface area (Å²) < 4.78 is 4.57. The maximum absolute atomic E-state index is 11.4. The number of nitrogens with one attached hydrogen (secondary N) is 1. The molecule has 0 saturated heterocycles. The second-order valence-corrected chi connectivity index (χ2v) is 3.12. The molecule has 1 aliphatic carbocycles. The molecule has 6 heteroatoms. The molecule has 0 bridgehead atoms. The van der Waals surface area contributed by atoms with Gasteiger partial charge in [0.2, 0.25) is 5.76 Å². The molecule has 0 aliphatic heterocycles. The number of carbonyl (C=O) groups is 2. The molecule has 0 atom stereocenters. The van der Waals surface area contributed by atoms with Crippen LogP contribution in [0.1, 0.15) is 33.8 Å². The average molecular weight is 196 g/mol. The molecule has 1 fully saturated rings. The lowest BCUT2D eigenvalue weighted by molar-refractivity contribution is 0.0687. The van der Waals surface area contributed by atoms with Crippen LogP contribution >= 0.6 is 0 Å². The first kappa shape index (κ1) is 8.74. The van der Waals surface area contributed by atoms with Crippen molar-refractivity contribution in [2.24, 2.45) is 0 Å². The van der Waals surface area contributed by atoms with Crippen LogP contribution in [-0.2, 0) is 0 Å². The van der Waals surface area contributed by atoms with Crippen LogP contribution in [0.3, 0.4) is 0 Å². The zero-order chi connectivity index (χ0) is 10.1. The summed E-state index contributed by atoms with van der Waals surface area (Å²) in [7, 11) is 0. The van der Waals surface area contributed by atoms with Crippen molar-refractivity contribution in [2.75, 3.05) is 0 Å². The van der Waals surface area contributed by atoms with E-state index < -0.39 is 11.9 Å². The Balaban J connectivity index is 2.17. The number of carbonyl (C=O) groups excluding carboxylic acids is 1. The van der Waals surface area contributed by atoms with Gasteiger partial charge in [0.25, 0.3) is 5.91 Å². The van der Waals surface area contributed by atoms with Crippen molar-refractivity contribution in [3.05, 3.63) is 17.5 Å². The van der Waals surface area contributed by atoms with Crippen molar-refractivity contribution < 1.29 is 19.2 Å². The Morgan fingerprint density at radius 3 is 2.86 bits per heavy atom. The summed E-state index contributed by atoms with van der Waals surface area (Å²) in [4.78, 5) is 22.0. The van der Waals surface area contributed by atoms with E-state index in [-0.39, 0.29) is 17.4 Å². The summed E-state index contributed by atoms with van der Waals surface area (Å²) in [5.74, 6) is -1.96. The number of aromatic nitrogens is 1. The minimum absolute atomic E-state index is 0.161. The largest absolute Gasteiger partial charge is 0.477 e. The maximum atomic E-state index is 11.4. The topological polar surface area (TPSA) is 92.4 Å². The standard InChI is InChI=1S/C8H8N2O4/c11-7(10-4-1-2-4)6-5(8(12)13)3-9-14-6/h3-4H,1-2H2,(H,10,11)(H,12,13). The van der Waals surface area contributed by atoms with Gasteiger partial charge in [-0.3, -0.25) is 4.79 Å². The highest BCUT2D eigenvalue weighted by Gasteiger charge is 2.28. The minimum atomic E-state index is -1.22. The van der Waals surface area contributed by atoms with Crippen molar-refractivity contribution >= 4 is 11.9 Å². The molecule has 2 rings (SSSR count). The second-order valence-electron chi connectivity index (χ2n) is 3.12. The Labute approximate surface area is 78.9 Å². The van der Waals surface area contributed by atoms with Crippen molar-refractivity contribution in [2.45, 2.75) is 18.9 Å². The van der Waals surface area contributed by atoms with Gasteiger partial charge in [0.1, 0.15) is 5.56 Å². The maximum Gasteiger partial charge on any atom is 0.341 e. The molecule has 14 heavy (non-hydrogen) atoms. The molecule has 6 nitrogen and oxygen atoms in total. The molecule has 2 N–H and O–H groups in total. The number of amides is 1. The zero-order valence-electron chi connectivity index (χ0n) is 7.19. The molecule has 0 unspecified atom stereocenters. The molecule has 1 saturated carbocycles. The highest BCUT2D eigenvalue weighted by molar-refractivity contribution is 6.02. The van der Waals surface area contributed by atoms with Crippen LogP contribution in [0.25, 0.3) is 0 Å². The van der Waals surface area contributed by atoms with Gasteiger partial charge in [0.15, 0.2) is 0 Å². The third-order valence-electron chi connectivity index (χ3n) is 1.92. The van der Waals surface area contributed by atoms with Crippen LogP contribution in [0.2, 0.25) is 0 Å². The highest BCUT2D eigenvalue weighted by atomic mass is 16.5. The number of aromatic carboxylic acids is 1. The normalized spacial score (nSPS) is 15.1. The predicted molar refractivity (Wildman–Crippen MR) is 44.0 cm³/mol. The first-order valence-corrected chi connectivity index (χ1v) is 4.17. The Bertz CT molecular complexity index is 380. The monoisotopic (exact) mass is 196 g/mol. The Kier molecular flexibility index (Phi) is 1.95. The van der Waals surface area contributed by atoms with Gasteiger partial charge < -0.3 is 14.9 Å². The van der Waals surface area contributed by atoms with E-state index in [1.54, 1.807) is 0 Å². The van der Waals surface area contributed by atoms with Crippen LogP contribution in [0.15, 0.2) is 10.7 Å². The predicted octanol–water partition coefficient (Wildman–Crippen LogP) is 0.265. The Morgan fingerprint density at radius 2 is 2.29 bits per heavy atom. The summed E-state index contributed by atoms with van der Waals surface area (Å²) in [6, 6.07) is 0.161. The van der Waals surface area contributed by atoms with Gasteiger partial charge >= 0.3 is 5.97 Å². The number of hydrogen-bond donors (Lipinski definition) is 2. The number of rotatable bonds is 3. The lowest BCUT2D eigenvalue weighted by Gasteiger charge is -1.98. The zero-order valence-corrected chi connectivity index (χ0v) is 7.19. The van der Waals surface area contributed by atoms with E-state index in [0.29, 0.717) is 0 Å². The molecule has 1 amide bonds. The third kappa shape index (κ3) is 1.59.